The van der Waals surface area contributed by atoms with Crippen molar-refractivity contribution in [2.75, 3.05) is 7.05 Å². The molecular formula is C11H11NOS. The molecule has 1 N–H and O–H groups in total. The molecule has 0 aliphatic heterocycles. The Kier molecular flexibility index (Phi) is 2.25. The average Bonchev–Trinajstić information content (AvgIpc) is 2.59. The predicted molar refractivity (Wildman–Crippen MR) is 60.0 cm³/mol. The monoisotopic (exact) mass is 205 g/mol. The van der Waals surface area contributed by atoms with Crippen LogP contribution in [0.25, 0.3) is 10.1 Å². The van der Waals surface area contributed by atoms with Gasteiger partial charge in [-0.15, -0.1) is 11.3 Å². The van der Waals surface area contributed by atoms with Crippen molar-refractivity contribution >= 4 is 27.3 Å². The Hall–Kier alpha value is -1.35. The molecule has 1 heterocycles. The van der Waals surface area contributed by atoms with Crippen LogP contribution in [0.3, 0.4) is 0 Å². The standard InChI is InChI=1S/C11H11NOS/c1-7-3-4-9-8(5-7)6-10(14-9)11(13)12-2/h3-6H,1-2H3,(H,12,13). The minimum atomic E-state index is -0.0103. The van der Waals surface area contributed by atoms with Crippen LogP contribution in [0.4, 0.5) is 0 Å². The van der Waals surface area contributed by atoms with Gasteiger partial charge >= 0.3 is 0 Å². The third-order valence-electron chi connectivity index (χ3n) is 2.12. The molecule has 2 nitrogen and oxygen atoms in total. The fourth-order valence-electron chi connectivity index (χ4n) is 1.40. The van der Waals surface area contributed by atoms with Crippen molar-refractivity contribution in [3.8, 4) is 0 Å². The molecule has 0 atom stereocenters. The van der Waals surface area contributed by atoms with E-state index in [4.69, 9.17) is 0 Å². The number of benzene rings is 1. The lowest BCUT2D eigenvalue weighted by Crippen LogP contribution is -2.15. The highest BCUT2D eigenvalue weighted by atomic mass is 32.1. The molecule has 72 valence electrons. The maximum absolute atomic E-state index is 11.4. The Bertz CT molecular complexity index is 487. The molecule has 2 rings (SSSR count). The molecule has 3 heteroatoms. The van der Waals surface area contributed by atoms with Gasteiger partial charge in [0.05, 0.1) is 4.88 Å². The topological polar surface area (TPSA) is 29.1 Å². The molecule has 0 fully saturated rings. The van der Waals surface area contributed by atoms with E-state index >= 15 is 0 Å². The summed E-state index contributed by atoms with van der Waals surface area (Å²) in [5.74, 6) is -0.0103. The number of hydrogen-bond donors (Lipinski definition) is 1. The largest absolute Gasteiger partial charge is 0.354 e. The molecule has 0 unspecified atom stereocenters. The Morgan fingerprint density at radius 1 is 1.36 bits per heavy atom. The first kappa shape index (κ1) is 9.21. The van der Waals surface area contributed by atoms with Gasteiger partial charge in [0.15, 0.2) is 0 Å². The number of carbonyl (C=O) groups excluding carboxylic acids is 1. The molecule has 0 saturated heterocycles. The lowest BCUT2D eigenvalue weighted by Gasteiger charge is -1.90. The normalized spacial score (nSPS) is 10.4. The molecule has 1 amide bonds. The van der Waals surface area contributed by atoms with Crippen molar-refractivity contribution in [2.24, 2.45) is 0 Å². The quantitative estimate of drug-likeness (QED) is 0.761. The van der Waals surface area contributed by atoms with Crippen LogP contribution in [0, 0.1) is 6.92 Å². The zero-order valence-corrected chi connectivity index (χ0v) is 8.94. The maximum atomic E-state index is 11.4. The number of fused-ring (bicyclic) bond motifs is 1. The summed E-state index contributed by atoms with van der Waals surface area (Å²) in [7, 11) is 1.65. The number of nitrogens with one attached hydrogen (secondary N) is 1. The highest BCUT2D eigenvalue weighted by Gasteiger charge is 2.07. The van der Waals surface area contributed by atoms with Crippen molar-refractivity contribution < 1.29 is 4.79 Å². The van der Waals surface area contributed by atoms with Gasteiger partial charge in [-0.1, -0.05) is 17.7 Å². The number of hydrogen-bond acceptors (Lipinski definition) is 2. The summed E-state index contributed by atoms with van der Waals surface area (Å²) in [6, 6.07) is 8.15. The Morgan fingerprint density at radius 3 is 2.86 bits per heavy atom. The first-order valence-electron chi connectivity index (χ1n) is 4.43. The van der Waals surface area contributed by atoms with Crippen LogP contribution < -0.4 is 5.32 Å². The van der Waals surface area contributed by atoms with Crippen molar-refractivity contribution in [3.63, 3.8) is 0 Å². The third kappa shape index (κ3) is 1.51. The summed E-state index contributed by atoms with van der Waals surface area (Å²) in [5, 5.41) is 3.78. The van der Waals surface area contributed by atoms with Crippen LogP contribution in [0.1, 0.15) is 15.2 Å². The third-order valence-corrected chi connectivity index (χ3v) is 3.24. The number of rotatable bonds is 1. The first-order chi connectivity index (χ1) is 6.70. The van der Waals surface area contributed by atoms with Crippen molar-refractivity contribution in [1.82, 2.24) is 5.32 Å². The minimum Gasteiger partial charge on any atom is -0.354 e. The van der Waals surface area contributed by atoms with Crippen LogP contribution in [-0.4, -0.2) is 13.0 Å². The van der Waals surface area contributed by atoms with E-state index in [1.807, 2.05) is 6.07 Å². The second-order valence-corrected chi connectivity index (χ2v) is 4.31. The molecule has 0 radical (unpaired) electrons. The summed E-state index contributed by atoms with van der Waals surface area (Å²) < 4.78 is 1.16. The van der Waals surface area contributed by atoms with Gasteiger partial charge in [-0.05, 0) is 24.4 Å². The average molecular weight is 205 g/mol. The van der Waals surface area contributed by atoms with Crippen LogP contribution in [0.15, 0.2) is 24.3 Å². The lowest BCUT2D eigenvalue weighted by molar-refractivity contribution is 0.0967. The summed E-state index contributed by atoms with van der Waals surface area (Å²) >= 11 is 1.53. The maximum Gasteiger partial charge on any atom is 0.261 e. The molecule has 0 aliphatic rings. The first-order valence-corrected chi connectivity index (χ1v) is 5.24. The van der Waals surface area contributed by atoms with E-state index in [-0.39, 0.29) is 5.91 Å². The van der Waals surface area contributed by atoms with Gasteiger partial charge in [-0.3, -0.25) is 4.79 Å². The van der Waals surface area contributed by atoms with Gasteiger partial charge in [0.1, 0.15) is 0 Å². The number of carbonyl (C=O) groups is 1. The Balaban J connectivity index is 2.56. The number of amides is 1. The van der Waals surface area contributed by atoms with Gasteiger partial charge in [-0.25, -0.2) is 0 Å². The van der Waals surface area contributed by atoms with E-state index in [2.05, 4.69) is 30.4 Å². The smallest absolute Gasteiger partial charge is 0.261 e. The Morgan fingerprint density at radius 2 is 2.14 bits per heavy atom. The molecule has 2 aromatic rings. The van der Waals surface area contributed by atoms with Crippen molar-refractivity contribution in [2.45, 2.75) is 6.92 Å². The van der Waals surface area contributed by atoms with Crippen molar-refractivity contribution in [3.05, 3.63) is 34.7 Å². The second-order valence-electron chi connectivity index (χ2n) is 3.23. The minimum absolute atomic E-state index is 0.0103. The van der Waals surface area contributed by atoms with E-state index in [9.17, 15) is 4.79 Å². The highest BCUT2D eigenvalue weighted by molar-refractivity contribution is 7.20. The van der Waals surface area contributed by atoms with E-state index < -0.39 is 0 Å². The summed E-state index contributed by atoms with van der Waals surface area (Å²) in [4.78, 5) is 12.1. The highest BCUT2D eigenvalue weighted by Crippen LogP contribution is 2.26. The predicted octanol–water partition coefficient (Wildman–Crippen LogP) is 2.57. The molecular weight excluding hydrogens is 194 g/mol. The van der Waals surface area contributed by atoms with Crippen LogP contribution >= 0.6 is 11.3 Å². The molecule has 0 saturated carbocycles. The SMILES string of the molecule is CNC(=O)c1cc2cc(C)ccc2s1. The van der Waals surface area contributed by atoms with E-state index in [0.29, 0.717) is 0 Å². The van der Waals surface area contributed by atoms with Crippen LogP contribution in [-0.2, 0) is 0 Å². The van der Waals surface area contributed by atoms with Gasteiger partial charge in [0.2, 0.25) is 0 Å². The van der Waals surface area contributed by atoms with Gasteiger partial charge in [0, 0.05) is 11.7 Å². The van der Waals surface area contributed by atoms with Crippen molar-refractivity contribution in [1.29, 1.82) is 0 Å². The number of aryl methyl sites for hydroxylation is 1. The second kappa shape index (κ2) is 3.42. The zero-order valence-electron chi connectivity index (χ0n) is 8.13. The molecule has 14 heavy (non-hydrogen) atoms. The van der Waals surface area contributed by atoms with Gasteiger partial charge in [0.25, 0.3) is 5.91 Å². The fourth-order valence-corrected chi connectivity index (χ4v) is 2.39. The van der Waals surface area contributed by atoms with Crippen LogP contribution in [0.5, 0.6) is 0 Å². The van der Waals surface area contributed by atoms with E-state index in [0.717, 1.165) is 15.0 Å². The summed E-state index contributed by atoms with van der Waals surface area (Å²) in [6.07, 6.45) is 0. The molecule has 1 aromatic heterocycles. The number of thiophene rings is 1. The molecule has 0 bridgehead atoms. The fraction of sp³-hybridized carbons (Fsp3) is 0.182. The van der Waals surface area contributed by atoms with Gasteiger partial charge in [-0.2, -0.15) is 0 Å². The lowest BCUT2D eigenvalue weighted by atomic mass is 10.2. The van der Waals surface area contributed by atoms with E-state index in [1.165, 1.54) is 16.9 Å². The van der Waals surface area contributed by atoms with Crippen LogP contribution in [0.2, 0.25) is 0 Å². The Labute approximate surface area is 86.6 Å². The van der Waals surface area contributed by atoms with E-state index in [1.54, 1.807) is 7.05 Å². The summed E-state index contributed by atoms with van der Waals surface area (Å²) in [6.45, 7) is 2.05. The zero-order chi connectivity index (χ0) is 10.1. The molecule has 1 aromatic carbocycles. The van der Waals surface area contributed by atoms with Gasteiger partial charge < -0.3 is 5.32 Å². The molecule has 0 spiro atoms. The molecule has 0 aliphatic carbocycles. The summed E-state index contributed by atoms with van der Waals surface area (Å²) in [5.41, 5.74) is 1.22.